The van der Waals surface area contributed by atoms with E-state index < -0.39 is 0 Å². The zero-order valence-electron chi connectivity index (χ0n) is 14.6. The van der Waals surface area contributed by atoms with Crippen molar-refractivity contribution in [3.63, 3.8) is 0 Å². The Hall–Kier alpha value is -2.41. The molecule has 0 radical (unpaired) electrons. The van der Waals surface area contributed by atoms with Crippen LogP contribution in [0.15, 0.2) is 33.6 Å². The van der Waals surface area contributed by atoms with Crippen molar-refractivity contribution in [1.82, 2.24) is 24.6 Å². The van der Waals surface area contributed by atoms with Crippen LogP contribution >= 0.6 is 0 Å². The van der Waals surface area contributed by atoms with Gasteiger partial charge in [-0.25, -0.2) is 4.79 Å². The second-order valence-electron chi connectivity index (χ2n) is 7.03. The largest absolute Gasteiger partial charge is 0.338 e. The summed E-state index contributed by atoms with van der Waals surface area (Å²) in [7, 11) is 0. The van der Waals surface area contributed by atoms with Crippen molar-refractivity contribution in [2.24, 2.45) is 0 Å². The maximum Gasteiger partial charge on any atom is 0.326 e. The number of rotatable bonds is 4. The van der Waals surface area contributed by atoms with Gasteiger partial charge in [-0.3, -0.25) is 9.47 Å². The summed E-state index contributed by atoms with van der Waals surface area (Å²) in [5.74, 6) is 1.71. The number of para-hydroxylation sites is 2. The smallest absolute Gasteiger partial charge is 0.326 e. The number of aromatic nitrogens is 4. The Morgan fingerprint density at radius 2 is 2.04 bits per heavy atom. The van der Waals surface area contributed by atoms with E-state index in [9.17, 15) is 4.79 Å². The first-order valence-corrected chi connectivity index (χ1v) is 8.86. The Kier molecular flexibility index (Phi) is 4.17. The summed E-state index contributed by atoms with van der Waals surface area (Å²) >= 11 is 0. The highest BCUT2D eigenvalue weighted by Gasteiger charge is 2.24. The van der Waals surface area contributed by atoms with Crippen LogP contribution in [0.5, 0.6) is 0 Å². The Bertz CT molecular complexity index is 915. The molecule has 1 N–H and O–H groups in total. The maximum atomic E-state index is 12.3. The minimum atomic E-state index is -0.0156. The van der Waals surface area contributed by atoms with Crippen LogP contribution in [0.1, 0.15) is 50.4 Å². The van der Waals surface area contributed by atoms with E-state index in [-0.39, 0.29) is 17.6 Å². The molecule has 1 aliphatic rings. The van der Waals surface area contributed by atoms with Gasteiger partial charge in [0.2, 0.25) is 5.89 Å². The number of hydrogen-bond donors (Lipinski definition) is 1. The Balaban J connectivity index is 1.44. The molecular weight excluding hydrogens is 318 g/mol. The number of piperidine rings is 1. The van der Waals surface area contributed by atoms with Gasteiger partial charge < -0.3 is 9.51 Å². The van der Waals surface area contributed by atoms with E-state index in [1.54, 1.807) is 0 Å². The number of likely N-dealkylation sites (tertiary alicyclic amines) is 1. The van der Waals surface area contributed by atoms with Crippen LogP contribution in [-0.2, 0) is 6.54 Å². The zero-order valence-corrected chi connectivity index (χ0v) is 14.6. The van der Waals surface area contributed by atoms with Gasteiger partial charge in [-0.05, 0) is 25.0 Å². The number of nitrogens with one attached hydrogen (secondary N) is 1. The summed E-state index contributed by atoms with van der Waals surface area (Å²) in [6.45, 7) is 6.61. The third kappa shape index (κ3) is 3.11. The first kappa shape index (κ1) is 16.1. The number of H-pyrrole nitrogens is 1. The van der Waals surface area contributed by atoms with Crippen LogP contribution in [0.25, 0.3) is 11.0 Å². The van der Waals surface area contributed by atoms with E-state index >= 15 is 0 Å². The number of hydrogen-bond acceptors (Lipinski definition) is 5. The lowest BCUT2D eigenvalue weighted by Gasteiger charge is -2.31. The average Bonchev–Trinajstić information content (AvgIpc) is 3.19. The summed E-state index contributed by atoms with van der Waals surface area (Å²) in [4.78, 5) is 22.0. The van der Waals surface area contributed by atoms with Crippen molar-refractivity contribution < 1.29 is 4.52 Å². The highest BCUT2D eigenvalue weighted by molar-refractivity contribution is 5.75. The van der Waals surface area contributed by atoms with Gasteiger partial charge in [0.25, 0.3) is 0 Å². The van der Waals surface area contributed by atoms with Crippen LogP contribution in [0.2, 0.25) is 0 Å². The fourth-order valence-corrected chi connectivity index (χ4v) is 3.53. The molecule has 1 fully saturated rings. The normalized spacial score (nSPS) is 16.9. The maximum absolute atomic E-state index is 12.3. The van der Waals surface area contributed by atoms with Crippen molar-refractivity contribution >= 4 is 11.0 Å². The summed E-state index contributed by atoms with van der Waals surface area (Å²) in [5, 5.41) is 4.02. The third-order valence-corrected chi connectivity index (χ3v) is 4.91. The van der Waals surface area contributed by atoms with Crippen LogP contribution in [0, 0.1) is 0 Å². The quantitative estimate of drug-likeness (QED) is 0.789. The lowest BCUT2D eigenvalue weighted by atomic mass is 10.0. The van der Waals surface area contributed by atoms with Crippen molar-refractivity contribution in [2.75, 3.05) is 13.1 Å². The minimum absolute atomic E-state index is 0.0156. The molecule has 0 atom stereocenters. The molecule has 0 bridgehead atoms. The number of fused-ring (bicyclic) bond motifs is 1. The van der Waals surface area contributed by atoms with Gasteiger partial charge in [0.1, 0.15) is 0 Å². The van der Waals surface area contributed by atoms with Gasteiger partial charge in [-0.2, -0.15) is 4.98 Å². The molecular formula is C18H23N5O2. The van der Waals surface area contributed by atoms with E-state index in [4.69, 9.17) is 4.52 Å². The average molecular weight is 341 g/mol. The molecule has 0 saturated carbocycles. The molecule has 0 aliphatic carbocycles. The molecule has 1 saturated heterocycles. The molecule has 0 unspecified atom stereocenters. The first-order valence-electron chi connectivity index (χ1n) is 8.86. The van der Waals surface area contributed by atoms with Gasteiger partial charge in [0.15, 0.2) is 5.82 Å². The van der Waals surface area contributed by atoms with Gasteiger partial charge >= 0.3 is 5.69 Å². The lowest BCUT2D eigenvalue weighted by Crippen LogP contribution is -2.36. The second kappa shape index (κ2) is 6.48. The van der Waals surface area contributed by atoms with Crippen LogP contribution in [0.4, 0.5) is 0 Å². The summed E-state index contributed by atoms with van der Waals surface area (Å²) < 4.78 is 7.25. The van der Waals surface area contributed by atoms with E-state index in [1.165, 1.54) is 0 Å². The van der Waals surface area contributed by atoms with Gasteiger partial charge in [-0.15, -0.1) is 0 Å². The predicted octanol–water partition coefficient (Wildman–Crippen LogP) is 2.67. The lowest BCUT2D eigenvalue weighted by molar-refractivity contribution is 0.161. The van der Waals surface area contributed by atoms with E-state index in [0.717, 1.165) is 42.8 Å². The number of aromatic amines is 1. The second-order valence-corrected chi connectivity index (χ2v) is 7.03. The van der Waals surface area contributed by atoms with Gasteiger partial charge in [-0.1, -0.05) is 31.1 Å². The van der Waals surface area contributed by atoms with Crippen molar-refractivity contribution in [3.8, 4) is 0 Å². The molecule has 4 rings (SSSR count). The molecule has 3 heterocycles. The van der Waals surface area contributed by atoms with Gasteiger partial charge in [0.05, 0.1) is 17.6 Å². The van der Waals surface area contributed by atoms with Crippen molar-refractivity contribution in [2.45, 2.75) is 45.2 Å². The predicted molar refractivity (Wildman–Crippen MR) is 94.5 cm³/mol. The van der Waals surface area contributed by atoms with Crippen LogP contribution < -0.4 is 5.69 Å². The fraction of sp³-hybridized carbons (Fsp3) is 0.500. The molecule has 0 amide bonds. The minimum Gasteiger partial charge on any atom is -0.338 e. The highest BCUT2D eigenvalue weighted by atomic mass is 16.5. The summed E-state index contributed by atoms with van der Waals surface area (Å²) in [6.07, 6.45) is 1.87. The molecule has 2 aromatic heterocycles. The number of imidazole rings is 1. The number of benzene rings is 1. The molecule has 0 spiro atoms. The van der Waals surface area contributed by atoms with E-state index in [2.05, 4.69) is 33.9 Å². The molecule has 3 aromatic rings. The summed E-state index contributed by atoms with van der Waals surface area (Å²) in [5.41, 5.74) is 1.88. The Labute approximate surface area is 145 Å². The third-order valence-electron chi connectivity index (χ3n) is 4.91. The molecule has 25 heavy (non-hydrogen) atoms. The van der Waals surface area contributed by atoms with Gasteiger partial charge in [0, 0.05) is 25.0 Å². The topological polar surface area (TPSA) is 80.0 Å². The standard InChI is InChI=1S/C18H23N5O2/c1-12(2)17-20-16(25-21-17)11-22-9-7-13(8-10-22)23-15-6-4-3-5-14(15)19-18(23)24/h3-6,12-13H,7-11H2,1-2H3,(H,19,24). The molecule has 7 nitrogen and oxygen atoms in total. The van der Waals surface area contributed by atoms with Crippen molar-refractivity contribution in [3.05, 3.63) is 46.5 Å². The van der Waals surface area contributed by atoms with Crippen LogP contribution in [0.3, 0.4) is 0 Å². The SMILES string of the molecule is CC(C)c1noc(CN2CCC(n3c(=O)[nH]c4ccccc43)CC2)n1. The van der Waals surface area contributed by atoms with Crippen LogP contribution in [-0.4, -0.2) is 37.7 Å². The summed E-state index contributed by atoms with van der Waals surface area (Å²) in [6, 6.07) is 8.11. The molecule has 7 heteroatoms. The Morgan fingerprint density at radius 3 is 2.76 bits per heavy atom. The molecule has 1 aliphatic heterocycles. The molecule has 132 valence electrons. The first-order chi connectivity index (χ1) is 12.1. The zero-order chi connectivity index (χ0) is 17.4. The fourth-order valence-electron chi connectivity index (χ4n) is 3.53. The highest BCUT2D eigenvalue weighted by Crippen LogP contribution is 2.25. The van der Waals surface area contributed by atoms with Crippen molar-refractivity contribution in [1.29, 1.82) is 0 Å². The van der Waals surface area contributed by atoms with E-state index in [0.29, 0.717) is 12.4 Å². The Morgan fingerprint density at radius 1 is 1.28 bits per heavy atom. The number of nitrogens with zero attached hydrogens (tertiary/aromatic N) is 4. The monoisotopic (exact) mass is 341 g/mol. The molecule has 1 aromatic carbocycles. The van der Waals surface area contributed by atoms with E-state index in [1.807, 2.05) is 28.8 Å².